The van der Waals surface area contributed by atoms with E-state index in [-0.39, 0.29) is 18.7 Å². The second-order valence-electron chi connectivity index (χ2n) is 4.52. The molecule has 1 aromatic heterocycles. The van der Waals surface area contributed by atoms with Crippen molar-refractivity contribution in [1.82, 2.24) is 9.97 Å². The first-order valence-corrected chi connectivity index (χ1v) is 6.78. The molecule has 0 atom stereocenters. The van der Waals surface area contributed by atoms with Gasteiger partial charge in [-0.2, -0.15) is 18.2 Å². The van der Waals surface area contributed by atoms with Gasteiger partial charge in [-0.1, -0.05) is 6.92 Å². The van der Waals surface area contributed by atoms with Crippen molar-refractivity contribution in [3.63, 3.8) is 0 Å². The van der Waals surface area contributed by atoms with Crippen LogP contribution in [-0.2, 0) is 0 Å². The number of aromatic nitrogens is 2. The van der Waals surface area contributed by atoms with Crippen LogP contribution in [0.1, 0.15) is 26.2 Å². The highest BCUT2D eigenvalue weighted by atomic mass is 79.9. The van der Waals surface area contributed by atoms with Gasteiger partial charge in [0, 0.05) is 12.7 Å². The van der Waals surface area contributed by atoms with Crippen LogP contribution < -0.4 is 10.6 Å². The lowest BCUT2D eigenvalue weighted by Gasteiger charge is -2.22. The summed E-state index contributed by atoms with van der Waals surface area (Å²) in [6.45, 7) is 2.65. The van der Waals surface area contributed by atoms with E-state index in [1.165, 1.54) is 6.20 Å². The SMILES string of the molecule is CCCNc1ncc(Br)c(NC2(C(F)(F)F)CC2)n1. The van der Waals surface area contributed by atoms with Gasteiger partial charge >= 0.3 is 6.18 Å². The third kappa shape index (κ3) is 3.10. The summed E-state index contributed by atoms with van der Waals surface area (Å²) in [5.41, 5.74) is -1.83. The summed E-state index contributed by atoms with van der Waals surface area (Å²) in [5.74, 6) is 0.494. The van der Waals surface area contributed by atoms with E-state index < -0.39 is 11.7 Å². The Morgan fingerprint density at radius 1 is 1.42 bits per heavy atom. The lowest BCUT2D eigenvalue weighted by atomic mass is 10.2. The zero-order valence-corrected chi connectivity index (χ0v) is 11.9. The highest BCUT2D eigenvalue weighted by molar-refractivity contribution is 9.10. The van der Waals surface area contributed by atoms with E-state index in [2.05, 4.69) is 36.5 Å². The Morgan fingerprint density at radius 2 is 2.11 bits per heavy atom. The Kier molecular flexibility index (Phi) is 3.89. The Balaban J connectivity index is 2.16. The molecule has 0 radical (unpaired) electrons. The summed E-state index contributed by atoms with van der Waals surface area (Å²) in [6, 6.07) is 0. The third-order valence-electron chi connectivity index (χ3n) is 2.93. The number of halogens is 4. The summed E-state index contributed by atoms with van der Waals surface area (Å²) in [7, 11) is 0. The van der Waals surface area contributed by atoms with Gasteiger partial charge in [-0.3, -0.25) is 0 Å². The molecule has 106 valence electrons. The van der Waals surface area contributed by atoms with Crippen molar-refractivity contribution < 1.29 is 13.2 Å². The van der Waals surface area contributed by atoms with Crippen molar-refractivity contribution in [1.29, 1.82) is 0 Å². The van der Waals surface area contributed by atoms with Crippen LogP contribution in [0.5, 0.6) is 0 Å². The average molecular weight is 339 g/mol. The minimum atomic E-state index is -4.27. The maximum Gasteiger partial charge on any atom is 0.411 e. The van der Waals surface area contributed by atoms with E-state index in [9.17, 15) is 13.2 Å². The van der Waals surface area contributed by atoms with Gasteiger partial charge in [0.2, 0.25) is 5.95 Å². The monoisotopic (exact) mass is 338 g/mol. The molecule has 1 fully saturated rings. The number of anilines is 2. The summed E-state index contributed by atoms with van der Waals surface area (Å²) < 4.78 is 39.1. The predicted octanol–water partition coefficient (Wildman–Crippen LogP) is 3.57. The van der Waals surface area contributed by atoms with Gasteiger partial charge in [0.1, 0.15) is 11.4 Å². The molecule has 1 aromatic rings. The van der Waals surface area contributed by atoms with Crippen LogP contribution in [0, 0.1) is 0 Å². The number of rotatable bonds is 5. The summed E-state index contributed by atoms with van der Waals surface area (Å²) in [5, 5.41) is 5.43. The van der Waals surface area contributed by atoms with Crippen molar-refractivity contribution in [2.45, 2.75) is 37.9 Å². The molecule has 4 nitrogen and oxygen atoms in total. The fourth-order valence-corrected chi connectivity index (χ4v) is 1.90. The van der Waals surface area contributed by atoms with Crippen LogP contribution in [0.15, 0.2) is 10.7 Å². The fraction of sp³-hybridized carbons (Fsp3) is 0.636. The van der Waals surface area contributed by atoms with E-state index in [1.807, 2.05) is 6.92 Å². The molecule has 2 rings (SSSR count). The first-order valence-electron chi connectivity index (χ1n) is 5.99. The van der Waals surface area contributed by atoms with E-state index in [0.29, 0.717) is 17.0 Å². The average Bonchev–Trinajstić information content (AvgIpc) is 3.10. The van der Waals surface area contributed by atoms with E-state index >= 15 is 0 Å². The van der Waals surface area contributed by atoms with Crippen molar-refractivity contribution in [2.75, 3.05) is 17.2 Å². The lowest BCUT2D eigenvalue weighted by Crippen LogP contribution is -2.39. The zero-order chi connectivity index (χ0) is 14.1. The second-order valence-corrected chi connectivity index (χ2v) is 5.38. The molecular weight excluding hydrogens is 325 g/mol. The Morgan fingerprint density at radius 3 is 2.63 bits per heavy atom. The molecule has 1 aliphatic rings. The topological polar surface area (TPSA) is 49.8 Å². The molecule has 0 spiro atoms. The van der Waals surface area contributed by atoms with E-state index in [4.69, 9.17) is 0 Å². The molecular formula is C11H14BrF3N4. The minimum absolute atomic E-state index is 0.0741. The molecule has 0 amide bonds. The molecule has 1 heterocycles. The molecule has 0 saturated heterocycles. The van der Waals surface area contributed by atoms with Gasteiger partial charge in [0.25, 0.3) is 0 Å². The molecule has 0 aliphatic heterocycles. The van der Waals surface area contributed by atoms with Gasteiger partial charge in [-0.25, -0.2) is 4.98 Å². The van der Waals surface area contributed by atoms with Crippen LogP contribution in [0.3, 0.4) is 0 Å². The number of nitrogens with one attached hydrogen (secondary N) is 2. The van der Waals surface area contributed by atoms with Gasteiger partial charge in [-0.05, 0) is 35.2 Å². The Hall–Kier alpha value is -1.05. The van der Waals surface area contributed by atoms with Gasteiger partial charge in [0.15, 0.2) is 0 Å². The van der Waals surface area contributed by atoms with Crippen LogP contribution >= 0.6 is 15.9 Å². The third-order valence-corrected chi connectivity index (χ3v) is 3.51. The normalized spacial score (nSPS) is 17.1. The van der Waals surface area contributed by atoms with Crippen LogP contribution in [0.2, 0.25) is 0 Å². The van der Waals surface area contributed by atoms with Crippen LogP contribution in [0.4, 0.5) is 24.9 Å². The molecule has 0 aromatic carbocycles. The van der Waals surface area contributed by atoms with Crippen molar-refractivity contribution in [3.05, 3.63) is 10.7 Å². The first kappa shape index (κ1) is 14.4. The number of alkyl halides is 3. The predicted molar refractivity (Wildman–Crippen MR) is 70.2 cm³/mol. The maximum absolute atomic E-state index is 12.9. The van der Waals surface area contributed by atoms with Gasteiger partial charge < -0.3 is 10.6 Å². The quantitative estimate of drug-likeness (QED) is 0.861. The first-order chi connectivity index (χ1) is 8.88. The Labute approximate surface area is 117 Å². The molecule has 1 saturated carbocycles. The van der Waals surface area contributed by atoms with E-state index in [1.54, 1.807) is 0 Å². The lowest BCUT2D eigenvalue weighted by molar-refractivity contribution is -0.151. The molecule has 19 heavy (non-hydrogen) atoms. The second kappa shape index (κ2) is 5.15. The summed E-state index contributed by atoms with van der Waals surface area (Å²) in [4.78, 5) is 8.07. The number of hydrogen-bond donors (Lipinski definition) is 2. The highest BCUT2D eigenvalue weighted by Gasteiger charge is 2.63. The molecule has 2 N–H and O–H groups in total. The maximum atomic E-state index is 12.9. The van der Waals surface area contributed by atoms with Crippen molar-refractivity contribution >= 4 is 27.7 Å². The van der Waals surface area contributed by atoms with E-state index in [0.717, 1.165) is 6.42 Å². The fourth-order valence-electron chi connectivity index (χ4n) is 1.61. The van der Waals surface area contributed by atoms with Crippen LogP contribution in [0.25, 0.3) is 0 Å². The molecule has 8 heteroatoms. The molecule has 1 aliphatic carbocycles. The minimum Gasteiger partial charge on any atom is -0.355 e. The van der Waals surface area contributed by atoms with Crippen molar-refractivity contribution in [3.8, 4) is 0 Å². The summed E-state index contributed by atoms with van der Waals surface area (Å²) in [6.07, 6.45) is -1.79. The smallest absolute Gasteiger partial charge is 0.355 e. The zero-order valence-electron chi connectivity index (χ0n) is 10.3. The largest absolute Gasteiger partial charge is 0.411 e. The molecule has 0 unspecified atom stereocenters. The number of hydrogen-bond acceptors (Lipinski definition) is 4. The standard InChI is InChI=1S/C11H14BrF3N4/c1-2-5-16-9-17-6-7(12)8(18-9)19-10(3-4-10)11(13,14)15/h6H,2-5H2,1H3,(H2,16,17,18,19). The van der Waals surface area contributed by atoms with Crippen molar-refractivity contribution in [2.24, 2.45) is 0 Å². The highest BCUT2D eigenvalue weighted by Crippen LogP contribution is 2.51. The van der Waals surface area contributed by atoms with Crippen LogP contribution in [-0.4, -0.2) is 28.2 Å². The van der Waals surface area contributed by atoms with Gasteiger partial charge in [0.05, 0.1) is 4.47 Å². The Bertz CT molecular complexity index is 460. The summed E-state index contributed by atoms with van der Waals surface area (Å²) >= 11 is 3.16. The molecule has 0 bridgehead atoms. The number of nitrogens with zero attached hydrogens (tertiary/aromatic N) is 2. The van der Waals surface area contributed by atoms with Gasteiger partial charge in [-0.15, -0.1) is 0 Å².